The molecule has 96 valence electrons. The summed E-state index contributed by atoms with van der Waals surface area (Å²) in [6, 6.07) is 3.86. The van der Waals surface area contributed by atoms with Crippen molar-refractivity contribution >= 4 is 34.1 Å². The van der Waals surface area contributed by atoms with Crippen LogP contribution in [0.2, 0.25) is 5.02 Å². The van der Waals surface area contributed by atoms with E-state index >= 15 is 0 Å². The highest BCUT2D eigenvalue weighted by Crippen LogP contribution is 2.35. The van der Waals surface area contributed by atoms with Crippen LogP contribution in [0.15, 0.2) is 4.21 Å². The van der Waals surface area contributed by atoms with Gasteiger partial charge in [-0.15, -0.1) is 0 Å². The van der Waals surface area contributed by atoms with E-state index in [0.29, 0.717) is 9.96 Å². The van der Waals surface area contributed by atoms with E-state index in [1.807, 2.05) is 12.1 Å². The van der Waals surface area contributed by atoms with Crippen LogP contribution in [0.1, 0.15) is 43.0 Å². The van der Waals surface area contributed by atoms with E-state index in [1.54, 1.807) is 0 Å². The lowest BCUT2D eigenvalue weighted by atomic mass is 10.2. The molecule has 1 rings (SSSR count). The summed E-state index contributed by atoms with van der Waals surface area (Å²) in [6.07, 6.45) is 4.15. The number of nitriles is 2. The minimum absolute atomic E-state index is 0.141. The number of nitrogens with zero attached hydrogens (tertiary/aromatic N) is 2. The summed E-state index contributed by atoms with van der Waals surface area (Å²) >= 11 is 5.73. The van der Waals surface area contributed by atoms with Crippen molar-refractivity contribution in [1.82, 2.24) is 0 Å². The Morgan fingerprint density at radius 2 is 2.00 bits per heavy atom. The Morgan fingerprint density at radius 1 is 1.28 bits per heavy atom. The predicted molar refractivity (Wildman–Crippen MR) is 74.2 cm³/mol. The van der Waals surface area contributed by atoms with Gasteiger partial charge in [0, 0.05) is 0 Å². The van der Waals surface area contributed by atoms with E-state index in [1.165, 1.54) is 0 Å². The molecule has 0 radical (unpaired) electrons. The van der Waals surface area contributed by atoms with Crippen molar-refractivity contribution in [2.45, 2.75) is 36.8 Å². The summed E-state index contributed by atoms with van der Waals surface area (Å²) in [5.41, 5.74) is 0.201. The van der Waals surface area contributed by atoms with Crippen LogP contribution in [-0.4, -0.2) is 10.3 Å². The first-order valence-corrected chi connectivity index (χ1v) is 8.17. The second kappa shape index (κ2) is 7.66. The summed E-state index contributed by atoms with van der Waals surface area (Å²) in [5, 5.41) is 18.0. The Labute approximate surface area is 119 Å². The van der Waals surface area contributed by atoms with Crippen molar-refractivity contribution < 1.29 is 4.55 Å². The van der Waals surface area contributed by atoms with E-state index in [2.05, 4.69) is 6.92 Å². The highest BCUT2D eigenvalue weighted by atomic mass is 35.5. The zero-order valence-corrected chi connectivity index (χ0v) is 12.4. The molecule has 1 aromatic heterocycles. The first kappa shape index (κ1) is 15.3. The Hall–Kier alpha value is -0.720. The van der Waals surface area contributed by atoms with Gasteiger partial charge in [-0.2, -0.15) is 10.5 Å². The molecule has 0 saturated heterocycles. The van der Waals surface area contributed by atoms with Gasteiger partial charge in [0.05, 0.1) is 5.02 Å². The molecule has 0 amide bonds. The molecular formula is C12H13ClN2OS2. The first-order chi connectivity index (χ1) is 8.65. The highest BCUT2D eigenvalue weighted by Gasteiger charge is 2.25. The van der Waals surface area contributed by atoms with Crippen molar-refractivity contribution in [1.29, 1.82) is 10.5 Å². The molecule has 0 aliphatic carbocycles. The molecule has 0 fully saturated rings. The third kappa shape index (κ3) is 3.63. The minimum Gasteiger partial charge on any atom is -0.611 e. The molecule has 0 aromatic carbocycles. The lowest BCUT2D eigenvalue weighted by Gasteiger charge is -2.08. The van der Waals surface area contributed by atoms with Gasteiger partial charge in [0.1, 0.15) is 28.3 Å². The Balaban J connectivity index is 2.77. The maximum atomic E-state index is 12.1. The summed E-state index contributed by atoms with van der Waals surface area (Å²) in [5.74, 6) is 0.524. The van der Waals surface area contributed by atoms with Crippen molar-refractivity contribution in [2.75, 3.05) is 5.75 Å². The lowest BCUT2D eigenvalue weighted by molar-refractivity contribution is 0.590. The minimum atomic E-state index is -1.23. The van der Waals surface area contributed by atoms with Crippen LogP contribution in [0.5, 0.6) is 0 Å². The predicted octanol–water partition coefficient (Wildman–Crippen LogP) is 3.83. The number of thiophene rings is 1. The van der Waals surface area contributed by atoms with Gasteiger partial charge in [-0.1, -0.05) is 42.7 Å². The molecule has 1 unspecified atom stereocenters. The van der Waals surface area contributed by atoms with Crippen molar-refractivity contribution in [3.8, 4) is 12.1 Å². The number of hydrogen-bond acceptors (Lipinski definition) is 4. The van der Waals surface area contributed by atoms with E-state index in [0.717, 1.165) is 37.0 Å². The lowest BCUT2D eigenvalue weighted by Crippen LogP contribution is -2.06. The van der Waals surface area contributed by atoms with Gasteiger partial charge in [0.15, 0.2) is 0 Å². The summed E-state index contributed by atoms with van der Waals surface area (Å²) in [7, 11) is 0. The quantitative estimate of drug-likeness (QED) is 0.592. The fourth-order valence-corrected chi connectivity index (χ4v) is 4.45. The van der Waals surface area contributed by atoms with Gasteiger partial charge in [0.25, 0.3) is 0 Å². The van der Waals surface area contributed by atoms with Gasteiger partial charge in [-0.05, 0) is 24.0 Å². The maximum Gasteiger partial charge on any atom is 0.227 e. The van der Waals surface area contributed by atoms with Crippen LogP contribution < -0.4 is 0 Å². The van der Waals surface area contributed by atoms with Gasteiger partial charge in [0.2, 0.25) is 4.21 Å². The monoisotopic (exact) mass is 300 g/mol. The molecular weight excluding hydrogens is 288 g/mol. The van der Waals surface area contributed by atoms with E-state index < -0.39 is 11.2 Å². The SMILES string of the molecule is CCCCCC[S+]([O-])c1sc(C#N)c(Cl)c1C#N. The van der Waals surface area contributed by atoms with E-state index in [-0.39, 0.29) is 15.5 Å². The second-order valence-electron chi connectivity index (χ2n) is 3.74. The molecule has 3 nitrogen and oxygen atoms in total. The smallest absolute Gasteiger partial charge is 0.227 e. The molecule has 6 heteroatoms. The Kier molecular flexibility index (Phi) is 6.52. The molecule has 0 N–H and O–H groups in total. The van der Waals surface area contributed by atoms with Gasteiger partial charge >= 0.3 is 0 Å². The molecule has 1 heterocycles. The fraction of sp³-hybridized carbons (Fsp3) is 0.500. The van der Waals surface area contributed by atoms with Gasteiger partial charge in [-0.25, -0.2) is 0 Å². The molecule has 18 heavy (non-hydrogen) atoms. The van der Waals surface area contributed by atoms with E-state index in [9.17, 15) is 4.55 Å². The number of hydrogen-bond donors (Lipinski definition) is 0. The summed E-state index contributed by atoms with van der Waals surface area (Å²) in [6.45, 7) is 2.11. The third-order valence-electron chi connectivity index (χ3n) is 2.42. The molecule has 0 aliphatic rings. The Morgan fingerprint density at radius 3 is 2.56 bits per heavy atom. The summed E-state index contributed by atoms with van der Waals surface area (Å²) < 4.78 is 12.5. The number of rotatable bonds is 6. The standard InChI is InChI=1S/C12H13ClN2OS2/c1-2-3-4-5-6-18(16)12-9(7-14)11(13)10(8-15)17-12/h2-6H2,1H3. The zero-order valence-electron chi connectivity index (χ0n) is 10.0. The largest absolute Gasteiger partial charge is 0.611 e. The fourth-order valence-electron chi connectivity index (χ4n) is 1.47. The molecule has 0 aliphatic heterocycles. The molecule has 1 aromatic rings. The number of unbranched alkanes of at least 4 members (excludes halogenated alkanes) is 3. The van der Waals surface area contributed by atoms with Crippen LogP contribution in [0.3, 0.4) is 0 Å². The average Bonchev–Trinajstić information content (AvgIpc) is 2.70. The Bertz CT molecular complexity index is 487. The van der Waals surface area contributed by atoms with Crippen LogP contribution in [0.25, 0.3) is 0 Å². The summed E-state index contributed by atoms with van der Waals surface area (Å²) in [4.78, 5) is 0.269. The normalized spacial score (nSPS) is 11.8. The third-order valence-corrected chi connectivity index (χ3v) is 5.89. The molecule has 0 spiro atoms. The topological polar surface area (TPSA) is 70.6 Å². The van der Waals surface area contributed by atoms with Crippen LogP contribution in [0, 0.1) is 22.7 Å². The number of halogens is 1. The van der Waals surface area contributed by atoms with Crippen molar-refractivity contribution in [2.24, 2.45) is 0 Å². The van der Waals surface area contributed by atoms with E-state index in [4.69, 9.17) is 22.1 Å². The van der Waals surface area contributed by atoms with Crippen molar-refractivity contribution in [3.63, 3.8) is 0 Å². The van der Waals surface area contributed by atoms with Gasteiger partial charge < -0.3 is 4.55 Å². The second-order valence-corrected chi connectivity index (χ2v) is 6.91. The van der Waals surface area contributed by atoms with Crippen molar-refractivity contribution in [3.05, 3.63) is 15.5 Å². The van der Waals surface area contributed by atoms with Crippen LogP contribution in [-0.2, 0) is 11.2 Å². The molecule has 0 saturated carbocycles. The van der Waals surface area contributed by atoms with Crippen LogP contribution >= 0.6 is 22.9 Å². The van der Waals surface area contributed by atoms with Crippen LogP contribution in [0.4, 0.5) is 0 Å². The zero-order chi connectivity index (χ0) is 13.5. The molecule has 0 bridgehead atoms. The molecule has 1 atom stereocenters. The maximum absolute atomic E-state index is 12.1. The van der Waals surface area contributed by atoms with Gasteiger partial charge in [-0.3, -0.25) is 0 Å². The highest BCUT2D eigenvalue weighted by molar-refractivity contribution is 7.93. The first-order valence-electron chi connectivity index (χ1n) is 5.66. The average molecular weight is 301 g/mol.